The maximum atomic E-state index is 2.99. The van der Waals surface area contributed by atoms with Gasteiger partial charge in [-0.2, -0.15) is 6.08 Å². The van der Waals surface area contributed by atoms with E-state index in [2.05, 4.69) is 12.2 Å². The zero-order valence-corrected chi connectivity index (χ0v) is 9.62. The van der Waals surface area contributed by atoms with E-state index in [1.165, 1.54) is 0 Å². The molecule has 0 nitrogen and oxygen atoms in total. The van der Waals surface area contributed by atoms with Crippen LogP contribution in [0.1, 0.15) is 6.42 Å². The van der Waals surface area contributed by atoms with Crippen LogP contribution in [0.2, 0.25) is 0 Å². The SMILES string of the molecule is C1=C/C=C\C=C/C=C1.[C-]1=CC=CC1.[Ti]. The number of rotatable bonds is 0. The van der Waals surface area contributed by atoms with E-state index in [9.17, 15) is 0 Å². The Morgan fingerprint density at radius 1 is 0.643 bits per heavy atom. The Hall–Kier alpha value is -0.846. The fourth-order valence-corrected chi connectivity index (χ4v) is 0.853. The molecule has 0 aromatic carbocycles. The number of hydrogen-bond acceptors (Lipinski definition) is 0. The summed E-state index contributed by atoms with van der Waals surface area (Å²) in [6.07, 6.45) is 26.0. The minimum absolute atomic E-state index is 0. The van der Waals surface area contributed by atoms with Crippen molar-refractivity contribution in [2.24, 2.45) is 0 Å². The van der Waals surface area contributed by atoms with Crippen LogP contribution in [0.25, 0.3) is 0 Å². The molecule has 0 aromatic heterocycles. The molecular weight excluding hydrogens is 204 g/mol. The second-order valence-electron chi connectivity index (χ2n) is 2.54. The van der Waals surface area contributed by atoms with Crippen molar-refractivity contribution in [2.75, 3.05) is 0 Å². The zero-order valence-electron chi connectivity index (χ0n) is 8.06. The summed E-state index contributed by atoms with van der Waals surface area (Å²) in [5.41, 5.74) is 0. The summed E-state index contributed by atoms with van der Waals surface area (Å²) < 4.78 is 0. The van der Waals surface area contributed by atoms with Crippen LogP contribution in [0.3, 0.4) is 0 Å². The molecule has 0 spiro atoms. The number of allylic oxidation sites excluding steroid dienone is 12. The molecule has 0 unspecified atom stereocenters. The molecule has 0 radical (unpaired) electrons. The normalized spacial score (nSPS) is 20.0. The molecule has 0 heterocycles. The van der Waals surface area contributed by atoms with Crippen LogP contribution < -0.4 is 0 Å². The molecule has 0 aromatic rings. The van der Waals surface area contributed by atoms with Gasteiger partial charge in [0.15, 0.2) is 0 Å². The molecular formula is C13H13Ti-. The zero-order chi connectivity index (χ0) is 9.19. The molecule has 0 saturated heterocycles. The molecule has 2 rings (SSSR count). The summed E-state index contributed by atoms with van der Waals surface area (Å²) in [7, 11) is 0. The molecule has 0 aliphatic heterocycles. The van der Waals surface area contributed by atoms with Gasteiger partial charge in [0.1, 0.15) is 0 Å². The van der Waals surface area contributed by atoms with Gasteiger partial charge in [-0.15, -0.1) is 6.42 Å². The second kappa shape index (κ2) is 10.2. The molecule has 2 aliphatic carbocycles. The molecule has 0 atom stereocenters. The van der Waals surface area contributed by atoms with Crippen LogP contribution in [0.4, 0.5) is 0 Å². The fraction of sp³-hybridized carbons (Fsp3) is 0.0769. The van der Waals surface area contributed by atoms with Gasteiger partial charge in [0.05, 0.1) is 0 Å². The molecule has 14 heavy (non-hydrogen) atoms. The molecule has 1 heteroatoms. The average molecular weight is 217 g/mol. The predicted molar refractivity (Wildman–Crippen MR) is 58.1 cm³/mol. The van der Waals surface area contributed by atoms with E-state index < -0.39 is 0 Å². The van der Waals surface area contributed by atoms with Crippen molar-refractivity contribution in [3.8, 4) is 0 Å². The molecule has 0 N–H and O–H groups in total. The van der Waals surface area contributed by atoms with Gasteiger partial charge >= 0.3 is 0 Å². The van der Waals surface area contributed by atoms with E-state index in [0.29, 0.717) is 0 Å². The summed E-state index contributed by atoms with van der Waals surface area (Å²) in [6, 6.07) is 0. The topological polar surface area (TPSA) is 0 Å². The fourth-order valence-electron chi connectivity index (χ4n) is 0.853. The van der Waals surface area contributed by atoms with Gasteiger partial charge in [0.25, 0.3) is 0 Å². The first-order valence-corrected chi connectivity index (χ1v) is 4.38. The first-order chi connectivity index (χ1) is 6.50. The Morgan fingerprint density at radius 2 is 1.07 bits per heavy atom. The van der Waals surface area contributed by atoms with Crippen LogP contribution >= 0.6 is 0 Å². The van der Waals surface area contributed by atoms with Crippen molar-refractivity contribution in [3.63, 3.8) is 0 Å². The van der Waals surface area contributed by atoms with Gasteiger partial charge in [-0.3, -0.25) is 6.08 Å². The molecule has 0 saturated carbocycles. The Balaban J connectivity index is 0.000000246. The van der Waals surface area contributed by atoms with Crippen LogP contribution in [-0.2, 0) is 21.7 Å². The molecule has 0 fully saturated rings. The largest absolute Gasteiger partial charge is 0.273 e. The molecule has 0 bridgehead atoms. The van der Waals surface area contributed by atoms with Crippen molar-refractivity contribution in [2.45, 2.75) is 6.42 Å². The van der Waals surface area contributed by atoms with Crippen molar-refractivity contribution < 1.29 is 21.7 Å². The van der Waals surface area contributed by atoms with E-state index >= 15 is 0 Å². The van der Waals surface area contributed by atoms with Crippen molar-refractivity contribution in [1.82, 2.24) is 0 Å². The second-order valence-corrected chi connectivity index (χ2v) is 2.54. The predicted octanol–water partition coefficient (Wildman–Crippen LogP) is 3.53. The van der Waals surface area contributed by atoms with E-state index in [-0.39, 0.29) is 21.7 Å². The maximum absolute atomic E-state index is 2.99. The number of hydrogen-bond donors (Lipinski definition) is 0. The van der Waals surface area contributed by atoms with Crippen molar-refractivity contribution in [3.05, 3.63) is 72.9 Å². The van der Waals surface area contributed by atoms with E-state index in [1.54, 1.807) is 0 Å². The van der Waals surface area contributed by atoms with E-state index in [0.717, 1.165) is 6.42 Å². The third kappa shape index (κ3) is 7.79. The Kier molecular flexibility index (Phi) is 9.62. The summed E-state index contributed by atoms with van der Waals surface area (Å²) in [6.45, 7) is 0. The third-order valence-corrected chi connectivity index (χ3v) is 1.47. The van der Waals surface area contributed by atoms with Gasteiger partial charge in [-0.05, 0) is 0 Å². The monoisotopic (exact) mass is 217 g/mol. The van der Waals surface area contributed by atoms with Crippen LogP contribution in [0.15, 0.2) is 66.8 Å². The minimum atomic E-state index is 0. The van der Waals surface area contributed by atoms with Gasteiger partial charge in [0, 0.05) is 21.7 Å². The Labute approximate surface area is 101 Å². The van der Waals surface area contributed by atoms with Crippen LogP contribution in [0.5, 0.6) is 0 Å². The minimum Gasteiger partial charge on any atom is -0.273 e. The third-order valence-electron chi connectivity index (χ3n) is 1.47. The maximum Gasteiger partial charge on any atom is 0 e. The van der Waals surface area contributed by atoms with Crippen LogP contribution in [-0.4, -0.2) is 0 Å². The van der Waals surface area contributed by atoms with Crippen LogP contribution in [0, 0.1) is 6.08 Å². The molecule has 70 valence electrons. The van der Waals surface area contributed by atoms with E-state index in [4.69, 9.17) is 0 Å². The summed E-state index contributed by atoms with van der Waals surface area (Å²) in [5, 5.41) is 0. The average Bonchev–Trinajstić information content (AvgIpc) is 2.58. The van der Waals surface area contributed by atoms with Gasteiger partial charge in [-0.25, -0.2) is 12.2 Å². The molecule has 2 aliphatic rings. The quantitative estimate of drug-likeness (QED) is 0.430. The van der Waals surface area contributed by atoms with Gasteiger partial charge in [-0.1, -0.05) is 48.6 Å². The Morgan fingerprint density at radius 3 is 1.21 bits per heavy atom. The Bertz CT molecular complexity index is 222. The smallest absolute Gasteiger partial charge is 0 e. The first-order valence-electron chi connectivity index (χ1n) is 4.38. The first kappa shape index (κ1) is 13.2. The van der Waals surface area contributed by atoms with Gasteiger partial charge in [0.2, 0.25) is 0 Å². The summed E-state index contributed by atoms with van der Waals surface area (Å²) >= 11 is 0. The van der Waals surface area contributed by atoms with Gasteiger partial charge < -0.3 is 0 Å². The van der Waals surface area contributed by atoms with Crippen molar-refractivity contribution in [1.29, 1.82) is 0 Å². The standard InChI is InChI=1S/C8H8.C5H5.Ti/c1-2-4-6-8-7-5-3-1;1-2-4-5-3-1;/h1-8H;1-3H,4H2;/q;-1;/b2-1-,3-1?,4-2?,5-3-,6-4?,7-5?,8-6?,8-7?;;. The van der Waals surface area contributed by atoms with E-state index in [1.807, 2.05) is 60.8 Å². The van der Waals surface area contributed by atoms with Crippen molar-refractivity contribution >= 4 is 0 Å². The summed E-state index contributed by atoms with van der Waals surface area (Å²) in [4.78, 5) is 0. The molecule has 0 amide bonds. The summed E-state index contributed by atoms with van der Waals surface area (Å²) in [5.74, 6) is 0.